The lowest BCUT2D eigenvalue weighted by Gasteiger charge is -2.27. The van der Waals surface area contributed by atoms with Crippen molar-refractivity contribution in [3.8, 4) is 0 Å². The molecule has 1 aliphatic carbocycles. The fourth-order valence-electron chi connectivity index (χ4n) is 3.61. The van der Waals surface area contributed by atoms with E-state index in [1.807, 2.05) is 10.7 Å². The summed E-state index contributed by atoms with van der Waals surface area (Å²) in [4.78, 5) is 12.4. The number of hydrogen-bond acceptors (Lipinski definition) is 3. The Morgan fingerprint density at radius 2 is 2.17 bits per heavy atom. The molecule has 23 heavy (non-hydrogen) atoms. The number of hydrogen-bond donors (Lipinski definition) is 1. The highest BCUT2D eigenvalue weighted by molar-refractivity contribution is 5.92. The number of carbonyl (C=O) groups excluding carboxylic acids is 1. The molecular formula is C18H21N3O2. The number of carbonyl (C=O) groups is 1. The first-order valence-electron chi connectivity index (χ1n) is 8.33. The van der Waals surface area contributed by atoms with Gasteiger partial charge in [0.1, 0.15) is 5.82 Å². The normalized spacial score (nSPS) is 23.5. The topological polar surface area (TPSA) is 56.2 Å². The van der Waals surface area contributed by atoms with Gasteiger partial charge in [-0.25, -0.2) is 4.68 Å². The molecule has 2 unspecified atom stereocenters. The molecule has 2 heterocycles. The van der Waals surface area contributed by atoms with Gasteiger partial charge in [-0.2, -0.15) is 5.10 Å². The molecule has 0 bridgehead atoms. The lowest BCUT2D eigenvalue weighted by Crippen LogP contribution is -2.26. The first kappa shape index (κ1) is 14.5. The summed E-state index contributed by atoms with van der Waals surface area (Å²) in [5, 5.41) is 7.53. The van der Waals surface area contributed by atoms with Gasteiger partial charge >= 0.3 is 0 Å². The van der Waals surface area contributed by atoms with Gasteiger partial charge in [0, 0.05) is 12.7 Å². The number of amides is 1. The summed E-state index contributed by atoms with van der Waals surface area (Å²) < 4.78 is 7.27. The van der Waals surface area contributed by atoms with Crippen molar-refractivity contribution in [2.45, 2.75) is 31.7 Å². The highest BCUT2D eigenvalue weighted by Gasteiger charge is 2.27. The first-order chi connectivity index (χ1) is 11.3. The molecule has 1 amide bonds. The molecule has 5 heteroatoms. The van der Waals surface area contributed by atoms with E-state index in [9.17, 15) is 4.79 Å². The number of nitrogens with one attached hydrogen (secondary N) is 1. The zero-order valence-corrected chi connectivity index (χ0v) is 13.1. The van der Waals surface area contributed by atoms with Crippen LogP contribution in [0.25, 0.3) is 0 Å². The van der Waals surface area contributed by atoms with Crippen molar-refractivity contribution >= 4 is 11.7 Å². The van der Waals surface area contributed by atoms with Gasteiger partial charge in [-0.1, -0.05) is 24.3 Å². The molecule has 0 saturated carbocycles. The van der Waals surface area contributed by atoms with E-state index >= 15 is 0 Å². The summed E-state index contributed by atoms with van der Waals surface area (Å²) in [5.41, 5.74) is 2.71. The van der Waals surface area contributed by atoms with E-state index < -0.39 is 0 Å². The lowest BCUT2D eigenvalue weighted by molar-refractivity contribution is -0.119. The highest BCUT2D eigenvalue weighted by Crippen LogP contribution is 2.34. The van der Waals surface area contributed by atoms with E-state index in [-0.39, 0.29) is 17.9 Å². The SMILES string of the molecule is O=C(Nc1ccnn1C1CCCc2ccccc21)C1CCOC1. The van der Waals surface area contributed by atoms with Crippen LogP contribution in [0.1, 0.15) is 36.4 Å². The van der Waals surface area contributed by atoms with E-state index in [2.05, 4.69) is 34.7 Å². The Kier molecular flexibility index (Phi) is 3.87. The largest absolute Gasteiger partial charge is 0.381 e. The van der Waals surface area contributed by atoms with Crippen LogP contribution in [0.3, 0.4) is 0 Å². The Labute approximate surface area is 135 Å². The number of ether oxygens (including phenoxy) is 1. The van der Waals surface area contributed by atoms with E-state index in [0.717, 1.165) is 31.5 Å². The van der Waals surface area contributed by atoms with E-state index in [1.54, 1.807) is 6.20 Å². The molecule has 1 saturated heterocycles. The Morgan fingerprint density at radius 3 is 3.04 bits per heavy atom. The maximum absolute atomic E-state index is 12.4. The van der Waals surface area contributed by atoms with Crippen molar-refractivity contribution < 1.29 is 9.53 Å². The van der Waals surface area contributed by atoms with Crippen LogP contribution in [0.15, 0.2) is 36.5 Å². The second kappa shape index (κ2) is 6.16. The van der Waals surface area contributed by atoms with E-state index in [4.69, 9.17) is 4.74 Å². The van der Waals surface area contributed by atoms with Gasteiger partial charge in [0.2, 0.25) is 5.91 Å². The van der Waals surface area contributed by atoms with Crippen molar-refractivity contribution in [3.05, 3.63) is 47.7 Å². The Balaban J connectivity index is 1.59. The molecule has 4 rings (SSSR count). The zero-order valence-electron chi connectivity index (χ0n) is 13.1. The number of anilines is 1. The third-order valence-electron chi connectivity index (χ3n) is 4.86. The summed E-state index contributed by atoms with van der Waals surface area (Å²) in [5.74, 6) is 0.772. The monoisotopic (exact) mass is 311 g/mol. The summed E-state index contributed by atoms with van der Waals surface area (Å²) >= 11 is 0. The minimum atomic E-state index is -0.0445. The Morgan fingerprint density at radius 1 is 1.26 bits per heavy atom. The minimum absolute atomic E-state index is 0.0355. The van der Waals surface area contributed by atoms with Crippen LogP contribution in [-0.2, 0) is 16.0 Å². The third kappa shape index (κ3) is 2.77. The second-order valence-corrected chi connectivity index (χ2v) is 6.32. The minimum Gasteiger partial charge on any atom is -0.381 e. The first-order valence-corrected chi connectivity index (χ1v) is 8.33. The summed E-state index contributed by atoms with van der Waals surface area (Å²) in [6, 6.07) is 10.6. The van der Waals surface area contributed by atoms with Crippen LogP contribution in [0.4, 0.5) is 5.82 Å². The van der Waals surface area contributed by atoms with E-state index in [1.165, 1.54) is 11.1 Å². The smallest absolute Gasteiger partial charge is 0.231 e. The van der Waals surface area contributed by atoms with Gasteiger partial charge < -0.3 is 10.1 Å². The molecule has 2 aromatic rings. The van der Waals surface area contributed by atoms with Crippen molar-refractivity contribution in [1.29, 1.82) is 0 Å². The number of nitrogens with zero attached hydrogens (tertiary/aromatic N) is 2. The second-order valence-electron chi connectivity index (χ2n) is 6.32. The summed E-state index contributed by atoms with van der Waals surface area (Å²) in [6.45, 7) is 1.19. The number of benzene rings is 1. The van der Waals surface area contributed by atoms with Crippen LogP contribution in [0.2, 0.25) is 0 Å². The van der Waals surface area contributed by atoms with Gasteiger partial charge in [0.15, 0.2) is 0 Å². The Hall–Kier alpha value is -2.14. The molecule has 1 N–H and O–H groups in total. The van der Waals surface area contributed by atoms with Gasteiger partial charge in [0.05, 0.1) is 24.8 Å². The molecular weight excluding hydrogens is 290 g/mol. The predicted molar refractivity (Wildman–Crippen MR) is 87.3 cm³/mol. The van der Waals surface area contributed by atoms with Crippen molar-refractivity contribution in [3.63, 3.8) is 0 Å². The molecule has 2 aliphatic rings. The van der Waals surface area contributed by atoms with Gasteiger partial charge in [-0.3, -0.25) is 4.79 Å². The zero-order chi connectivity index (χ0) is 15.6. The van der Waals surface area contributed by atoms with Gasteiger partial charge in [-0.05, 0) is 36.8 Å². The molecule has 1 aliphatic heterocycles. The maximum atomic E-state index is 12.4. The fourth-order valence-corrected chi connectivity index (χ4v) is 3.61. The molecule has 0 spiro atoms. The Bertz CT molecular complexity index is 704. The van der Waals surface area contributed by atoms with Crippen LogP contribution in [0.5, 0.6) is 0 Å². The predicted octanol–water partition coefficient (Wildman–Crippen LogP) is 2.78. The molecule has 0 radical (unpaired) electrons. The lowest BCUT2D eigenvalue weighted by atomic mass is 9.88. The van der Waals surface area contributed by atoms with Gasteiger partial charge in [-0.15, -0.1) is 0 Å². The molecule has 2 atom stereocenters. The highest BCUT2D eigenvalue weighted by atomic mass is 16.5. The quantitative estimate of drug-likeness (QED) is 0.948. The number of aromatic nitrogens is 2. The molecule has 1 aromatic carbocycles. The van der Waals surface area contributed by atoms with Crippen molar-refractivity contribution in [2.24, 2.45) is 5.92 Å². The maximum Gasteiger partial charge on any atom is 0.231 e. The molecule has 120 valence electrons. The fraction of sp³-hybridized carbons (Fsp3) is 0.444. The summed E-state index contributed by atoms with van der Waals surface area (Å²) in [6.07, 6.45) is 5.87. The van der Waals surface area contributed by atoms with E-state index in [0.29, 0.717) is 13.2 Å². The van der Waals surface area contributed by atoms with Gasteiger partial charge in [0.25, 0.3) is 0 Å². The van der Waals surface area contributed by atoms with Crippen LogP contribution in [-0.4, -0.2) is 28.9 Å². The average molecular weight is 311 g/mol. The third-order valence-corrected chi connectivity index (χ3v) is 4.86. The van der Waals surface area contributed by atoms with Crippen LogP contribution < -0.4 is 5.32 Å². The van der Waals surface area contributed by atoms with Crippen molar-refractivity contribution in [1.82, 2.24) is 9.78 Å². The number of rotatable bonds is 3. The standard InChI is InChI=1S/C18H21N3O2/c22-18(14-9-11-23-12-14)20-17-8-10-19-21(17)16-7-3-5-13-4-1-2-6-15(13)16/h1-2,4,6,8,10,14,16H,3,5,7,9,11-12H2,(H,20,22). The molecule has 1 fully saturated rings. The number of aryl methyl sites for hydroxylation is 1. The van der Waals surface area contributed by atoms with Crippen LogP contribution >= 0.6 is 0 Å². The number of fused-ring (bicyclic) bond motifs is 1. The summed E-state index contributed by atoms with van der Waals surface area (Å²) in [7, 11) is 0. The van der Waals surface area contributed by atoms with Crippen LogP contribution in [0, 0.1) is 5.92 Å². The average Bonchev–Trinajstić information content (AvgIpc) is 3.26. The van der Waals surface area contributed by atoms with Crippen molar-refractivity contribution in [2.75, 3.05) is 18.5 Å². The molecule has 1 aromatic heterocycles. The molecule has 5 nitrogen and oxygen atoms in total.